The summed E-state index contributed by atoms with van der Waals surface area (Å²) in [5.41, 5.74) is 1.35. The lowest BCUT2D eigenvalue weighted by Crippen LogP contribution is -2.39. The number of hydrogen-bond donors (Lipinski definition) is 4. The van der Waals surface area contributed by atoms with Gasteiger partial charge < -0.3 is 26.0 Å². The Labute approximate surface area is 203 Å². The van der Waals surface area contributed by atoms with E-state index in [0.29, 0.717) is 26.1 Å². The predicted octanol–water partition coefficient (Wildman–Crippen LogP) is 4.01. The summed E-state index contributed by atoms with van der Waals surface area (Å²) >= 11 is 0. The Hall–Kier alpha value is -2.04. The van der Waals surface area contributed by atoms with Crippen molar-refractivity contribution in [3.63, 3.8) is 0 Å². The molecule has 1 aromatic carbocycles. The van der Waals surface area contributed by atoms with Gasteiger partial charge in [0.05, 0.1) is 6.54 Å². The van der Waals surface area contributed by atoms with Crippen molar-refractivity contribution in [1.29, 1.82) is 0 Å². The van der Waals surface area contributed by atoms with Crippen LogP contribution in [0.3, 0.4) is 0 Å². The van der Waals surface area contributed by atoms with E-state index >= 15 is 0 Å². The molecule has 0 atom stereocenters. The summed E-state index contributed by atoms with van der Waals surface area (Å²) in [6.45, 7) is 12.0. The molecule has 1 aromatic rings. The van der Waals surface area contributed by atoms with Crippen LogP contribution in [0.5, 0.6) is 0 Å². The minimum absolute atomic E-state index is 0. The molecule has 0 unspecified atom stereocenters. The Kier molecular flexibility index (Phi) is 14.7. The summed E-state index contributed by atoms with van der Waals surface area (Å²) in [6, 6.07) is 7.70. The number of ether oxygens (including phenoxy) is 1. The largest absolute Gasteiger partial charge is 0.444 e. The number of guanidine groups is 1. The second-order valence-corrected chi connectivity index (χ2v) is 7.90. The molecule has 2 amide bonds. The summed E-state index contributed by atoms with van der Waals surface area (Å²) in [4.78, 5) is 27.9. The molecule has 0 aliphatic rings. The summed E-state index contributed by atoms with van der Waals surface area (Å²) in [5.74, 6) is 0.748. The molecule has 31 heavy (non-hydrogen) atoms. The van der Waals surface area contributed by atoms with E-state index in [2.05, 4.69) is 26.3 Å². The van der Waals surface area contributed by atoms with Crippen LogP contribution < -0.4 is 21.3 Å². The molecule has 0 aliphatic heterocycles. The highest BCUT2D eigenvalue weighted by Crippen LogP contribution is 2.11. The topological polar surface area (TPSA) is 104 Å². The number of carbonyl (C=O) groups is 2. The third kappa shape index (κ3) is 14.6. The van der Waals surface area contributed by atoms with E-state index in [1.165, 1.54) is 0 Å². The van der Waals surface area contributed by atoms with Crippen LogP contribution in [-0.4, -0.2) is 43.2 Å². The summed E-state index contributed by atoms with van der Waals surface area (Å²) in [6.07, 6.45) is 1.69. The Balaban J connectivity index is 0.00000900. The van der Waals surface area contributed by atoms with Crippen molar-refractivity contribution in [3.8, 4) is 0 Å². The summed E-state index contributed by atoms with van der Waals surface area (Å²) < 4.78 is 5.20. The first-order chi connectivity index (χ1) is 14.2. The van der Waals surface area contributed by atoms with Crippen LogP contribution in [0.15, 0.2) is 29.3 Å². The number of nitrogens with zero attached hydrogens (tertiary/aromatic N) is 1. The molecular formula is C22H38IN5O3. The molecular weight excluding hydrogens is 509 g/mol. The van der Waals surface area contributed by atoms with Gasteiger partial charge in [0.1, 0.15) is 5.60 Å². The van der Waals surface area contributed by atoms with E-state index in [-0.39, 0.29) is 29.9 Å². The number of hydrogen-bond acceptors (Lipinski definition) is 4. The van der Waals surface area contributed by atoms with Crippen LogP contribution in [0.1, 0.15) is 59.4 Å². The molecule has 0 radical (unpaired) electrons. The van der Waals surface area contributed by atoms with Crippen molar-refractivity contribution in [2.24, 2.45) is 4.99 Å². The highest BCUT2D eigenvalue weighted by molar-refractivity contribution is 14.0. The summed E-state index contributed by atoms with van der Waals surface area (Å²) in [7, 11) is 0. The average Bonchev–Trinajstić information content (AvgIpc) is 2.65. The fraction of sp³-hybridized carbons (Fsp3) is 0.591. The van der Waals surface area contributed by atoms with Gasteiger partial charge in [0.15, 0.2) is 5.96 Å². The third-order valence-corrected chi connectivity index (χ3v) is 3.79. The van der Waals surface area contributed by atoms with E-state index in [1.807, 2.05) is 58.9 Å². The van der Waals surface area contributed by atoms with Gasteiger partial charge in [0.2, 0.25) is 5.91 Å². The lowest BCUT2D eigenvalue weighted by molar-refractivity contribution is -0.116. The smallest absolute Gasteiger partial charge is 0.407 e. The summed E-state index contributed by atoms with van der Waals surface area (Å²) in [5, 5.41) is 12.1. The van der Waals surface area contributed by atoms with Gasteiger partial charge in [-0.05, 0) is 58.2 Å². The monoisotopic (exact) mass is 547 g/mol. The van der Waals surface area contributed by atoms with E-state index in [4.69, 9.17) is 4.74 Å². The van der Waals surface area contributed by atoms with Gasteiger partial charge in [-0.2, -0.15) is 0 Å². The highest BCUT2D eigenvalue weighted by atomic mass is 127. The molecule has 0 saturated carbocycles. The Morgan fingerprint density at radius 1 is 1.00 bits per heavy atom. The highest BCUT2D eigenvalue weighted by Gasteiger charge is 2.15. The van der Waals surface area contributed by atoms with E-state index in [1.54, 1.807) is 0 Å². The number of benzene rings is 1. The van der Waals surface area contributed by atoms with Gasteiger partial charge in [-0.25, -0.2) is 9.79 Å². The zero-order valence-corrected chi connectivity index (χ0v) is 21.7. The molecule has 0 saturated heterocycles. The third-order valence-electron chi connectivity index (χ3n) is 3.79. The molecule has 0 bridgehead atoms. The molecule has 176 valence electrons. The second kappa shape index (κ2) is 15.7. The molecule has 8 nitrogen and oxygen atoms in total. The van der Waals surface area contributed by atoms with E-state index < -0.39 is 11.7 Å². The van der Waals surface area contributed by atoms with Crippen LogP contribution in [0.25, 0.3) is 0 Å². The van der Waals surface area contributed by atoms with Gasteiger partial charge in [-0.3, -0.25) is 4.79 Å². The van der Waals surface area contributed by atoms with Crippen LogP contribution in [0.4, 0.5) is 10.5 Å². The first-order valence-corrected chi connectivity index (χ1v) is 10.6. The number of alkyl carbamates (subject to hydrolysis) is 1. The maximum Gasteiger partial charge on any atom is 0.407 e. The van der Waals surface area contributed by atoms with Crippen molar-refractivity contribution in [3.05, 3.63) is 29.8 Å². The molecule has 0 heterocycles. The maximum absolute atomic E-state index is 11.7. The lowest BCUT2D eigenvalue weighted by atomic mass is 10.2. The molecule has 0 aliphatic carbocycles. The Bertz CT molecular complexity index is 687. The van der Waals surface area contributed by atoms with Crippen LogP contribution in [0, 0.1) is 0 Å². The fourth-order valence-electron chi connectivity index (χ4n) is 2.46. The zero-order valence-electron chi connectivity index (χ0n) is 19.3. The van der Waals surface area contributed by atoms with Gasteiger partial charge >= 0.3 is 6.09 Å². The Morgan fingerprint density at radius 2 is 1.65 bits per heavy atom. The average molecular weight is 547 g/mol. The van der Waals surface area contributed by atoms with Crippen molar-refractivity contribution < 1.29 is 14.3 Å². The van der Waals surface area contributed by atoms with Gasteiger partial charge in [0.25, 0.3) is 0 Å². The SMILES string of the molecule is CCCC(=O)Nc1ccc(CN=C(NCC)NCCCNC(=O)OC(C)(C)C)cc1.I. The predicted molar refractivity (Wildman–Crippen MR) is 137 cm³/mol. The number of aliphatic imine (C=N–C) groups is 1. The number of carbonyl (C=O) groups excluding carboxylic acids is 2. The van der Waals surface area contributed by atoms with Crippen LogP contribution in [0.2, 0.25) is 0 Å². The first kappa shape index (κ1) is 29.0. The van der Waals surface area contributed by atoms with E-state index in [9.17, 15) is 9.59 Å². The van der Waals surface area contributed by atoms with Crippen molar-refractivity contribution >= 4 is 47.6 Å². The van der Waals surface area contributed by atoms with Crippen molar-refractivity contribution in [2.75, 3.05) is 25.0 Å². The second-order valence-electron chi connectivity index (χ2n) is 7.90. The van der Waals surface area contributed by atoms with E-state index in [0.717, 1.165) is 36.6 Å². The van der Waals surface area contributed by atoms with Crippen LogP contribution >= 0.6 is 24.0 Å². The number of halogens is 1. The fourth-order valence-corrected chi connectivity index (χ4v) is 2.46. The van der Waals surface area contributed by atoms with Gasteiger partial charge in [-0.15, -0.1) is 24.0 Å². The molecule has 9 heteroatoms. The van der Waals surface area contributed by atoms with Gasteiger partial charge in [-0.1, -0.05) is 19.1 Å². The molecule has 4 N–H and O–H groups in total. The minimum Gasteiger partial charge on any atom is -0.444 e. The molecule has 0 fully saturated rings. The van der Waals surface area contributed by atoms with Crippen LogP contribution in [-0.2, 0) is 16.1 Å². The van der Waals surface area contributed by atoms with Crippen molar-refractivity contribution in [2.45, 2.75) is 66.0 Å². The first-order valence-electron chi connectivity index (χ1n) is 10.6. The number of nitrogens with one attached hydrogen (secondary N) is 4. The standard InChI is InChI=1S/C22H37N5O3.HI/c1-6-9-19(28)27-18-12-10-17(11-13-18)16-26-20(23-7-2)24-14-8-15-25-21(29)30-22(3,4)5;/h10-13H,6-9,14-16H2,1-5H3,(H,25,29)(H,27,28)(H2,23,24,26);1H. The molecule has 1 rings (SSSR count). The molecule has 0 aromatic heterocycles. The molecule has 0 spiro atoms. The minimum atomic E-state index is -0.494. The van der Waals surface area contributed by atoms with Crippen molar-refractivity contribution in [1.82, 2.24) is 16.0 Å². The van der Waals surface area contributed by atoms with Gasteiger partial charge in [0, 0.05) is 31.7 Å². The lowest BCUT2D eigenvalue weighted by Gasteiger charge is -2.19. The Morgan fingerprint density at radius 3 is 2.23 bits per heavy atom. The maximum atomic E-state index is 11.7. The quantitative estimate of drug-likeness (QED) is 0.153. The number of anilines is 1. The zero-order chi connectivity index (χ0) is 22.4. The normalized spacial score (nSPS) is 11.2. The number of rotatable bonds is 10. The number of amides is 2.